The van der Waals surface area contributed by atoms with Crippen molar-refractivity contribution in [3.05, 3.63) is 48.7 Å². The van der Waals surface area contributed by atoms with Gasteiger partial charge < -0.3 is 9.64 Å². The maximum Gasteiger partial charge on any atom is 0.311 e. The van der Waals surface area contributed by atoms with Crippen molar-refractivity contribution in [1.29, 1.82) is 0 Å². The van der Waals surface area contributed by atoms with Crippen molar-refractivity contribution in [2.75, 3.05) is 18.6 Å². The number of rotatable bonds is 3. The predicted molar refractivity (Wildman–Crippen MR) is 82.1 cm³/mol. The van der Waals surface area contributed by atoms with Crippen LogP contribution in [-0.4, -0.2) is 30.5 Å². The second-order valence-electron chi connectivity index (χ2n) is 5.20. The molecule has 1 aromatic heterocycles. The second kappa shape index (κ2) is 5.97. The largest absolute Gasteiger partial charge is 0.469 e. The number of anilines is 1. The zero-order chi connectivity index (χ0) is 15.5. The van der Waals surface area contributed by atoms with Crippen LogP contribution in [0.4, 0.5) is 5.69 Å². The zero-order valence-electron chi connectivity index (χ0n) is 12.2. The molecule has 1 fully saturated rings. The molecule has 2 aromatic rings. The Morgan fingerprint density at radius 3 is 2.64 bits per heavy atom. The number of esters is 1. The molecule has 22 heavy (non-hydrogen) atoms. The highest BCUT2D eigenvalue weighted by atomic mass is 16.5. The van der Waals surface area contributed by atoms with Gasteiger partial charge in [-0.25, -0.2) is 0 Å². The van der Waals surface area contributed by atoms with Crippen LogP contribution in [0.2, 0.25) is 0 Å². The Morgan fingerprint density at radius 2 is 2.00 bits per heavy atom. The van der Waals surface area contributed by atoms with Crippen LogP contribution >= 0.6 is 0 Å². The van der Waals surface area contributed by atoms with Gasteiger partial charge in [0, 0.05) is 18.5 Å². The first-order chi connectivity index (χ1) is 10.7. The number of aromatic nitrogens is 1. The molecule has 1 unspecified atom stereocenters. The minimum atomic E-state index is -0.397. The normalized spacial score (nSPS) is 17.6. The number of pyridine rings is 1. The van der Waals surface area contributed by atoms with Gasteiger partial charge in [0.05, 0.1) is 30.6 Å². The Hall–Kier alpha value is -2.69. The molecule has 0 bridgehead atoms. The van der Waals surface area contributed by atoms with E-state index in [1.165, 1.54) is 7.11 Å². The Labute approximate surface area is 128 Å². The Kier molecular flexibility index (Phi) is 3.87. The quantitative estimate of drug-likeness (QED) is 0.815. The minimum Gasteiger partial charge on any atom is -0.469 e. The Bertz CT molecular complexity index is 683. The highest BCUT2D eigenvalue weighted by Gasteiger charge is 2.35. The number of nitrogens with zero attached hydrogens (tertiary/aromatic N) is 2. The highest BCUT2D eigenvalue weighted by molar-refractivity contribution is 5.99. The molecule has 1 aromatic carbocycles. The van der Waals surface area contributed by atoms with Gasteiger partial charge in [-0.05, 0) is 12.1 Å². The Morgan fingerprint density at radius 1 is 1.23 bits per heavy atom. The molecular formula is C17H16N2O3. The molecule has 0 saturated carbocycles. The van der Waals surface area contributed by atoms with E-state index in [1.807, 2.05) is 42.5 Å². The van der Waals surface area contributed by atoms with Crippen LogP contribution in [0, 0.1) is 5.92 Å². The van der Waals surface area contributed by atoms with Gasteiger partial charge >= 0.3 is 5.97 Å². The molecule has 1 saturated heterocycles. The standard InChI is InChI=1S/C17H16N2O3/c1-22-17(21)13-9-16(20)19(11-13)14-7-8-15(18-10-14)12-5-3-2-4-6-12/h2-8,10,13H,9,11H2,1H3. The molecule has 0 N–H and O–H groups in total. The van der Waals surface area contributed by atoms with Crippen LogP contribution in [0.15, 0.2) is 48.7 Å². The van der Waals surface area contributed by atoms with Crippen LogP contribution < -0.4 is 4.90 Å². The average molecular weight is 296 g/mol. The van der Waals surface area contributed by atoms with Crippen molar-refractivity contribution >= 4 is 17.6 Å². The molecule has 112 valence electrons. The van der Waals surface area contributed by atoms with Gasteiger partial charge in [0.1, 0.15) is 0 Å². The molecule has 0 spiro atoms. The van der Waals surface area contributed by atoms with Crippen molar-refractivity contribution < 1.29 is 14.3 Å². The van der Waals surface area contributed by atoms with Gasteiger partial charge in [-0.1, -0.05) is 30.3 Å². The molecular weight excluding hydrogens is 280 g/mol. The summed E-state index contributed by atoms with van der Waals surface area (Å²) in [6.45, 7) is 0.345. The summed E-state index contributed by atoms with van der Waals surface area (Å²) in [4.78, 5) is 29.6. The van der Waals surface area contributed by atoms with Crippen LogP contribution in [0.25, 0.3) is 11.3 Å². The van der Waals surface area contributed by atoms with Crippen molar-refractivity contribution in [2.24, 2.45) is 5.92 Å². The average Bonchev–Trinajstić information content (AvgIpc) is 2.97. The summed E-state index contributed by atoms with van der Waals surface area (Å²) in [5.41, 5.74) is 2.57. The fraction of sp³-hybridized carbons (Fsp3) is 0.235. The molecule has 1 atom stereocenters. The number of benzene rings is 1. The van der Waals surface area contributed by atoms with Crippen LogP contribution in [-0.2, 0) is 14.3 Å². The van der Waals surface area contributed by atoms with Crippen LogP contribution in [0.1, 0.15) is 6.42 Å². The third kappa shape index (κ3) is 2.70. The minimum absolute atomic E-state index is 0.0790. The van der Waals surface area contributed by atoms with E-state index >= 15 is 0 Å². The lowest BCUT2D eigenvalue weighted by atomic mass is 10.1. The SMILES string of the molecule is COC(=O)C1CC(=O)N(c2ccc(-c3ccccc3)nc2)C1. The van der Waals surface area contributed by atoms with Gasteiger partial charge in [0.15, 0.2) is 0 Å². The summed E-state index contributed by atoms with van der Waals surface area (Å²) in [7, 11) is 1.34. The van der Waals surface area contributed by atoms with Gasteiger partial charge in [0.2, 0.25) is 5.91 Å². The molecule has 0 aliphatic carbocycles. The predicted octanol–water partition coefficient (Wildman–Crippen LogP) is 2.27. The number of carbonyl (C=O) groups excluding carboxylic acids is 2. The number of amides is 1. The number of hydrogen-bond acceptors (Lipinski definition) is 4. The summed E-state index contributed by atoms with van der Waals surface area (Å²) in [5.74, 6) is -0.819. The first kappa shape index (κ1) is 14.3. The maximum absolute atomic E-state index is 12.1. The molecule has 2 heterocycles. The van der Waals surface area contributed by atoms with E-state index in [0.29, 0.717) is 12.2 Å². The zero-order valence-corrected chi connectivity index (χ0v) is 12.2. The fourth-order valence-electron chi connectivity index (χ4n) is 2.61. The summed E-state index contributed by atoms with van der Waals surface area (Å²) in [6.07, 6.45) is 1.85. The monoisotopic (exact) mass is 296 g/mol. The molecule has 1 amide bonds. The topological polar surface area (TPSA) is 59.5 Å². The molecule has 1 aliphatic rings. The fourth-order valence-corrected chi connectivity index (χ4v) is 2.61. The first-order valence-electron chi connectivity index (χ1n) is 7.08. The number of ether oxygens (including phenoxy) is 1. The summed E-state index contributed by atoms with van der Waals surface area (Å²) < 4.78 is 4.71. The lowest BCUT2D eigenvalue weighted by Crippen LogP contribution is -2.26. The van der Waals surface area contributed by atoms with Gasteiger partial charge in [-0.2, -0.15) is 0 Å². The summed E-state index contributed by atoms with van der Waals surface area (Å²) in [6, 6.07) is 13.6. The molecule has 0 radical (unpaired) electrons. The van der Waals surface area contributed by atoms with Gasteiger partial charge in [-0.3, -0.25) is 14.6 Å². The third-order valence-corrected chi connectivity index (χ3v) is 3.79. The van der Waals surface area contributed by atoms with Crippen molar-refractivity contribution in [3.8, 4) is 11.3 Å². The van der Waals surface area contributed by atoms with Crippen molar-refractivity contribution in [2.45, 2.75) is 6.42 Å². The second-order valence-corrected chi connectivity index (χ2v) is 5.20. The lowest BCUT2D eigenvalue weighted by molar-refractivity contribution is -0.145. The summed E-state index contributed by atoms with van der Waals surface area (Å²) in [5, 5.41) is 0. The summed E-state index contributed by atoms with van der Waals surface area (Å²) >= 11 is 0. The van der Waals surface area contributed by atoms with Crippen LogP contribution in [0.3, 0.4) is 0 Å². The number of methoxy groups -OCH3 is 1. The first-order valence-corrected chi connectivity index (χ1v) is 7.08. The molecule has 1 aliphatic heterocycles. The molecule has 5 nitrogen and oxygen atoms in total. The van der Waals surface area contributed by atoms with E-state index < -0.39 is 5.92 Å². The van der Waals surface area contributed by atoms with E-state index in [2.05, 4.69) is 4.98 Å². The van der Waals surface area contributed by atoms with Crippen LogP contribution in [0.5, 0.6) is 0 Å². The van der Waals surface area contributed by atoms with E-state index in [4.69, 9.17) is 4.74 Å². The van der Waals surface area contributed by atoms with E-state index in [-0.39, 0.29) is 18.3 Å². The van der Waals surface area contributed by atoms with Gasteiger partial charge in [-0.15, -0.1) is 0 Å². The maximum atomic E-state index is 12.1. The van der Waals surface area contributed by atoms with Crippen molar-refractivity contribution in [1.82, 2.24) is 4.98 Å². The third-order valence-electron chi connectivity index (χ3n) is 3.79. The van der Waals surface area contributed by atoms with Gasteiger partial charge in [0.25, 0.3) is 0 Å². The highest BCUT2D eigenvalue weighted by Crippen LogP contribution is 2.26. The van der Waals surface area contributed by atoms with E-state index in [1.54, 1.807) is 11.1 Å². The molecule has 3 rings (SSSR count). The van der Waals surface area contributed by atoms with E-state index in [0.717, 1.165) is 11.3 Å². The van der Waals surface area contributed by atoms with Crippen molar-refractivity contribution in [3.63, 3.8) is 0 Å². The number of carbonyl (C=O) groups is 2. The lowest BCUT2D eigenvalue weighted by Gasteiger charge is -2.16. The Balaban J connectivity index is 1.79. The number of hydrogen-bond donors (Lipinski definition) is 0. The smallest absolute Gasteiger partial charge is 0.311 e. The molecule has 5 heteroatoms. The van der Waals surface area contributed by atoms with E-state index in [9.17, 15) is 9.59 Å².